The van der Waals surface area contributed by atoms with Gasteiger partial charge in [-0.3, -0.25) is 0 Å². The topological polar surface area (TPSA) is 12.0 Å². The lowest BCUT2D eigenvalue weighted by Gasteiger charge is -2.23. The molecular weight excluding hydrogens is 285 g/mol. The molecule has 0 bridgehead atoms. The number of halogens is 2. The van der Waals surface area contributed by atoms with Crippen molar-refractivity contribution in [3.63, 3.8) is 0 Å². The minimum Gasteiger partial charge on any atom is -0.306 e. The molecule has 0 radical (unpaired) electrons. The molecule has 112 valence electrons. The van der Waals surface area contributed by atoms with Crippen LogP contribution in [0, 0.1) is 26.6 Å². The lowest BCUT2D eigenvalue weighted by atomic mass is 9.91. The standard InChI is InChI=1S/C18H21ClFN/c1-5-21-18(15-7-6-14(20)10-17(15)19)16-9-12(3)11(2)8-13(16)4/h6-10,18,21H,5H2,1-4H3. The van der Waals surface area contributed by atoms with E-state index in [2.05, 4.69) is 45.1 Å². The normalized spacial score (nSPS) is 12.5. The maximum Gasteiger partial charge on any atom is 0.124 e. The van der Waals surface area contributed by atoms with Crippen LogP contribution in [0.25, 0.3) is 0 Å². The summed E-state index contributed by atoms with van der Waals surface area (Å²) in [5, 5.41) is 3.91. The Balaban J connectivity index is 2.55. The number of rotatable bonds is 4. The zero-order chi connectivity index (χ0) is 15.6. The summed E-state index contributed by atoms with van der Waals surface area (Å²) in [7, 11) is 0. The molecule has 21 heavy (non-hydrogen) atoms. The van der Waals surface area contributed by atoms with Crippen LogP contribution in [0.15, 0.2) is 30.3 Å². The van der Waals surface area contributed by atoms with E-state index in [1.165, 1.54) is 34.4 Å². The molecule has 0 fully saturated rings. The molecule has 0 saturated carbocycles. The molecule has 2 aromatic carbocycles. The summed E-state index contributed by atoms with van der Waals surface area (Å²) in [6.07, 6.45) is 0. The lowest BCUT2D eigenvalue weighted by molar-refractivity contribution is 0.612. The Bertz CT molecular complexity index is 652. The third kappa shape index (κ3) is 3.45. The van der Waals surface area contributed by atoms with E-state index in [1.54, 1.807) is 6.07 Å². The van der Waals surface area contributed by atoms with E-state index in [4.69, 9.17) is 11.6 Å². The van der Waals surface area contributed by atoms with Crippen LogP contribution >= 0.6 is 11.6 Å². The van der Waals surface area contributed by atoms with Gasteiger partial charge < -0.3 is 5.32 Å². The molecule has 0 aromatic heterocycles. The van der Waals surface area contributed by atoms with Gasteiger partial charge in [0.1, 0.15) is 5.82 Å². The number of benzene rings is 2. The van der Waals surface area contributed by atoms with Crippen molar-refractivity contribution in [2.24, 2.45) is 0 Å². The van der Waals surface area contributed by atoms with Gasteiger partial charge in [-0.25, -0.2) is 4.39 Å². The summed E-state index contributed by atoms with van der Waals surface area (Å²) >= 11 is 6.25. The van der Waals surface area contributed by atoms with Crippen LogP contribution < -0.4 is 5.32 Å². The monoisotopic (exact) mass is 305 g/mol. The van der Waals surface area contributed by atoms with Crippen LogP contribution in [0.2, 0.25) is 5.02 Å². The molecule has 2 aromatic rings. The van der Waals surface area contributed by atoms with Crippen LogP contribution in [0.3, 0.4) is 0 Å². The highest BCUT2D eigenvalue weighted by Gasteiger charge is 2.19. The molecular formula is C18H21ClFN. The second-order valence-electron chi connectivity index (χ2n) is 5.45. The molecule has 0 heterocycles. The fraction of sp³-hybridized carbons (Fsp3) is 0.333. The predicted molar refractivity (Wildman–Crippen MR) is 87.6 cm³/mol. The number of hydrogen-bond acceptors (Lipinski definition) is 1. The first-order valence-corrected chi connectivity index (χ1v) is 7.58. The number of nitrogens with one attached hydrogen (secondary N) is 1. The quantitative estimate of drug-likeness (QED) is 0.828. The molecule has 0 aliphatic heterocycles. The van der Waals surface area contributed by atoms with E-state index < -0.39 is 0 Å². The maximum atomic E-state index is 13.3. The summed E-state index contributed by atoms with van der Waals surface area (Å²) in [6.45, 7) is 9.18. The van der Waals surface area contributed by atoms with Crippen LogP contribution in [-0.4, -0.2) is 6.54 Å². The van der Waals surface area contributed by atoms with Crippen molar-refractivity contribution in [1.29, 1.82) is 0 Å². The Morgan fingerprint density at radius 3 is 2.29 bits per heavy atom. The molecule has 1 atom stereocenters. The maximum absolute atomic E-state index is 13.3. The highest BCUT2D eigenvalue weighted by Crippen LogP contribution is 2.32. The van der Waals surface area contributed by atoms with E-state index in [1.807, 2.05) is 0 Å². The van der Waals surface area contributed by atoms with E-state index >= 15 is 0 Å². The van der Waals surface area contributed by atoms with Crippen LogP contribution in [0.4, 0.5) is 4.39 Å². The zero-order valence-corrected chi connectivity index (χ0v) is 13.7. The summed E-state index contributed by atoms with van der Waals surface area (Å²) in [6, 6.07) is 8.95. The molecule has 1 unspecified atom stereocenters. The fourth-order valence-corrected chi connectivity index (χ4v) is 2.90. The molecule has 0 aliphatic carbocycles. The van der Waals surface area contributed by atoms with Gasteiger partial charge in [0, 0.05) is 5.02 Å². The molecule has 0 aliphatic rings. The zero-order valence-electron chi connectivity index (χ0n) is 12.9. The lowest BCUT2D eigenvalue weighted by Crippen LogP contribution is -2.23. The van der Waals surface area contributed by atoms with Crippen molar-refractivity contribution >= 4 is 11.6 Å². The van der Waals surface area contributed by atoms with Crippen LogP contribution in [0.1, 0.15) is 40.8 Å². The fourth-order valence-electron chi connectivity index (χ4n) is 2.62. The van der Waals surface area contributed by atoms with E-state index in [9.17, 15) is 4.39 Å². The molecule has 1 N–H and O–H groups in total. The van der Waals surface area contributed by atoms with Crippen molar-refractivity contribution in [3.8, 4) is 0 Å². The van der Waals surface area contributed by atoms with Gasteiger partial charge in [-0.15, -0.1) is 0 Å². The van der Waals surface area contributed by atoms with Gasteiger partial charge in [0.25, 0.3) is 0 Å². The average Bonchev–Trinajstić information content (AvgIpc) is 2.41. The van der Waals surface area contributed by atoms with Gasteiger partial charge in [-0.1, -0.05) is 36.7 Å². The Morgan fingerprint density at radius 2 is 1.67 bits per heavy atom. The van der Waals surface area contributed by atoms with E-state index in [0.717, 1.165) is 12.1 Å². The minimum atomic E-state index is -0.309. The second kappa shape index (κ2) is 6.59. The van der Waals surface area contributed by atoms with Crippen LogP contribution in [0.5, 0.6) is 0 Å². The summed E-state index contributed by atoms with van der Waals surface area (Å²) in [5.41, 5.74) is 5.83. The molecule has 0 amide bonds. The van der Waals surface area contributed by atoms with Gasteiger partial charge in [0.2, 0.25) is 0 Å². The highest BCUT2D eigenvalue weighted by atomic mass is 35.5. The Hall–Kier alpha value is -1.38. The van der Waals surface area contributed by atoms with Crippen molar-refractivity contribution in [2.75, 3.05) is 6.54 Å². The first-order chi connectivity index (χ1) is 9.93. The molecule has 0 spiro atoms. The largest absolute Gasteiger partial charge is 0.306 e. The summed E-state index contributed by atoms with van der Waals surface area (Å²) in [4.78, 5) is 0. The van der Waals surface area contributed by atoms with Crippen molar-refractivity contribution in [3.05, 3.63) is 69.0 Å². The molecule has 3 heteroatoms. The first-order valence-electron chi connectivity index (χ1n) is 7.20. The third-order valence-corrected chi connectivity index (χ3v) is 4.20. The van der Waals surface area contributed by atoms with Crippen LogP contribution in [-0.2, 0) is 0 Å². The number of hydrogen-bond donors (Lipinski definition) is 1. The summed E-state index contributed by atoms with van der Waals surface area (Å²) in [5.74, 6) is -0.309. The van der Waals surface area contributed by atoms with Crippen molar-refractivity contribution in [2.45, 2.75) is 33.7 Å². The Kier molecular flexibility index (Phi) is 5.02. The number of aryl methyl sites for hydroxylation is 3. The van der Waals surface area contributed by atoms with Crippen molar-refractivity contribution < 1.29 is 4.39 Å². The van der Waals surface area contributed by atoms with Gasteiger partial charge >= 0.3 is 0 Å². The van der Waals surface area contributed by atoms with Gasteiger partial charge in [-0.05, 0) is 67.3 Å². The smallest absolute Gasteiger partial charge is 0.124 e. The van der Waals surface area contributed by atoms with Crippen molar-refractivity contribution in [1.82, 2.24) is 5.32 Å². The third-order valence-electron chi connectivity index (χ3n) is 3.88. The average molecular weight is 306 g/mol. The van der Waals surface area contributed by atoms with E-state index in [0.29, 0.717) is 5.02 Å². The molecule has 0 saturated heterocycles. The highest BCUT2D eigenvalue weighted by molar-refractivity contribution is 6.31. The SMILES string of the molecule is CCNC(c1cc(C)c(C)cc1C)c1ccc(F)cc1Cl. The Morgan fingerprint density at radius 1 is 1.00 bits per heavy atom. The first kappa shape index (κ1) is 16.0. The molecule has 1 nitrogen and oxygen atoms in total. The van der Waals surface area contributed by atoms with Gasteiger partial charge in [-0.2, -0.15) is 0 Å². The summed E-state index contributed by atoms with van der Waals surface area (Å²) < 4.78 is 13.3. The minimum absolute atomic E-state index is 0.0256. The van der Waals surface area contributed by atoms with E-state index in [-0.39, 0.29) is 11.9 Å². The predicted octanol–water partition coefficient (Wildman–Crippen LogP) is 5.10. The second-order valence-corrected chi connectivity index (χ2v) is 5.86. The van der Waals surface area contributed by atoms with Gasteiger partial charge in [0.15, 0.2) is 0 Å². The Labute approximate surface area is 131 Å². The molecule has 2 rings (SSSR count). The van der Waals surface area contributed by atoms with Gasteiger partial charge in [0.05, 0.1) is 6.04 Å².